The number of hydrogen-bond donors (Lipinski definition) is 2. The maximum absolute atomic E-state index is 11.0. The Hall–Kier alpha value is -1.59. The molecule has 0 fully saturated rings. The smallest absolute Gasteiger partial charge is 0.294 e. The summed E-state index contributed by atoms with van der Waals surface area (Å²) in [6.07, 6.45) is 0.812. The van der Waals surface area contributed by atoms with E-state index in [2.05, 4.69) is 0 Å². The first kappa shape index (κ1) is 11.9. The van der Waals surface area contributed by atoms with E-state index in [0.717, 1.165) is 18.1 Å². The number of aryl methyl sites for hydroxylation is 1. The minimum absolute atomic E-state index is 0.155. The van der Waals surface area contributed by atoms with Gasteiger partial charge in [-0.05, 0) is 23.4 Å². The molecule has 0 radical (unpaired) electrons. The van der Waals surface area contributed by atoms with Crippen molar-refractivity contribution >= 4 is 20.9 Å². The summed E-state index contributed by atoms with van der Waals surface area (Å²) in [5.74, 6) is -0.155. The van der Waals surface area contributed by atoms with E-state index in [-0.39, 0.29) is 10.6 Å². The Morgan fingerprint density at radius 2 is 1.88 bits per heavy atom. The molecule has 0 bridgehead atoms. The van der Waals surface area contributed by atoms with E-state index >= 15 is 0 Å². The SMILES string of the molecule is CCc1ccc2c(O)cc(S(=O)(=O)O)cc2c1. The summed E-state index contributed by atoms with van der Waals surface area (Å²) in [6.45, 7) is 1.98. The van der Waals surface area contributed by atoms with Gasteiger partial charge >= 0.3 is 0 Å². The number of benzene rings is 2. The molecule has 0 aliphatic carbocycles. The number of phenols is 1. The highest BCUT2D eigenvalue weighted by Gasteiger charge is 2.13. The fourth-order valence-electron chi connectivity index (χ4n) is 1.74. The lowest BCUT2D eigenvalue weighted by molar-refractivity contribution is 0.471. The first-order chi connectivity index (χ1) is 7.91. The second kappa shape index (κ2) is 4.01. The highest BCUT2D eigenvalue weighted by molar-refractivity contribution is 7.85. The molecule has 5 heteroatoms. The summed E-state index contributed by atoms with van der Waals surface area (Å²) < 4.78 is 31.0. The minimum atomic E-state index is -4.30. The number of phenolic OH excluding ortho intramolecular Hbond substituents is 1. The molecule has 90 valence electrons. The fourth-order valence-corrected chi connectivity index (χ4v) is 2.28. The van der Waals surface area contributed by atoms with E-state index < -0.39 is 10.1 Å². The van der Waals surface area contributed by atoms with Crippen molar-refractivity contribution in [1.29, 1.82) is 0 Å². The molecule has 0 aliphatic heterocycles. The Morgan fingerprint density at radius 1 is 1.18 bits per heavy atom. The number of rotatable bonds is 2. The third-order valence-corrected chi connectivity index (χ3v) is 3.51. The van der Waals surface area contributed by atoms with E-state index in [1.54, 1.807) is 12.1 Å². The van der Waals surface area contributed by atoms with Gasteiger partial charge in [-0.2, -0.15) is 8.42 Å². The highest BCUT2D eigenvalue weighted by atomic mass is 32.2. The van der Waals surface area contributed by atoms with Crippen LogP contribution in [0.4, 0.5) is 0 Å². The minimum Gasteiger partial charge on any atom is -0.507 e. The second-order valence-electron chi connectivity index (χ2n) is 3.83. The van der Waals surface area contributed by atoms with Crippen LogP contribution in [0.3, 0.4) is 0 Å². The summed E-state index contributed by atoms with van der Waals surface area (Å²) in [5.41, 5.74) is 1.03. The molecular formula is C12H12O4S. The van der Waals surface area contributed by atoms with Gasteiger partial charge in [-0.1, -0.05) is 25.1 Å². The Balaban J connectivity index is 2.79. The van der Waals surface area contributed by atoms with Gasteiger partial charge < -0.3 is 5.11 Å². The van der Waals surface area contributed by atoms with Crippen molar-refractivity contribution in [2.45, 2.75) is 18.2 Å². The average Bonchev–Trinajstić information content (AvgIpc) is 2.27. The van der Waals surface area contributed by atoms with Crippen LogP contribution in [0.2, 0.25) is 0 Å². The van der Waals surface area contributed by atoms with Crippen molar-refractivity contribution in [2.24, 2.45) is 0 Å². The van der Waals surface area contributed by atoms with Crippen molar-refractivity contribution in [2.75, 3.05) is 0 Å². The van der Waals surface area contributed by atoms with Gasteiger partial charge in [-0.15, -0.1) is 0 Å². The number of fused-ring (bicyclic) bond motifs is 1. The summed E-state index contributed by atoms with van der Waals surface area (Å²) in [6, 6.07) is 7.79. The van der Waals surface area contributed by atoms with Gasteiger partial charge in [-0.25, -0.2) is 0 Å². The first-order valence-electron chi connectivity index (χ1n) is 5.15. The van der Waals surface area contributed by atoms with Gasteiger partial charge in [0.05, 0.1) is 4.90 Å². The van der Waals surface area contributed by atoms with Crippen molar-refractivity contribution in [3.05, 3.63) is 35.9 Å². The summed E-state index contributed by atoms with van der Waals surface area (Å²) in [7, 11) is -4.30. The van der Waals surface area contributed by atoms with Gasteiger partial charge in [0, 0.05) is 11.5 Å². The summed E-state index contributed by atoms with van der Waals surface area (Å²) in [4.78, 5) is -0.296. The van der Waals surface area contributed by atoms with Gasteiger partial charge in [-0.3, -0.25) is 4.55 Å². The van der Waals surface area contributed by atoms with Crippen LogP contribution in [0.25, 0.3) is 10.8 Å². The van der Waals surface area contributed by atoms with Gasteiger partial charge in [0.15, 0.2) is 0 Å². The summed E-state index contributed by atoms with van der Waals surface area (Å²) in [5, 5.41) is 10.9. The van der Waals surface area contributed by atoms with E-state index in [1.807, 2.05) is 13.0 Å². The molecule has 2 aromatic carbocycles. The standard InChI is InChI=1S/C12H12O4S/c1-2-8-3-4-11-9(5-8)6-10(7-12(11)13)17(14,15)16/h3-7,13H,2H2,1H3,(H,14,15,16). The molecule has 0 saturated carbocycles. The quantitative estimate of drug-likeness (QED) is 0.804. The molecule has 0 unspecified atom stereocenters. The molecule has 0 aromatic heterocycles. The number of aromatic hydroxyl groups is 1. The molecule has 0 spiro atoms. The molecule has 17 heavy (non-hydrogen) atoms. The normalized spacial score (nSPS) is 11.9. The zero-order chi connectivity index (χ0) is 12.6. The zero-order valence-corrected chi connectivity index (χ0v) is 10.0. The van der Waals surface area contributed by atoms with E-state index in [1.165, 1.54) is 6.07 Å². The molecule has 0 aliphatic rings. The van der Waals surface area contributed by atoms with Crippen LogP contribution in [0, 0.1) is 0 Å². The van der Waals surface area contributed by atoms with E-state index in [4.69, 9.17) is 4.55 Å². The lowest BCUT2D eigenvalue weighted by Crippen LogP contribution is -1.97. The molecule has 2 rings (SSSR count). The van der Waals surface area contributed by atoms with Crippen molar-refractivity contribution in [1.82, 2.24) is 0 Å². The second-order valence-corrected chi connectivity index (χ2v) is 5.25. The van der Waals surface area contributed by atoms with Crippen molar-refractivity contribution in [3.8, 4) is 5.75 Å². The van der Waals surface area contributed by atoms with Gasteiger partial charge in [0.25, 0.3) is 10.1 Å². The molecular weight excluding hydrogens is 240 g/mol. The Kier molecular flexibility index (Phi) is 2.81. The van der Waals surface area contributed by atoms with E-state index in [9.17, 15) is 13.5 Å². The average molecular weight is 252 g/mol. The molecule has 0 amide bonds. The first-order valence-corrected chi connectivity index (χ1v) is 6.59. The van der Waals surface area contributed by atoms with Crippen LogP contribution in [-0.2, 0) is 16.5 Å². The topological polar surface area (TPSA) is 74.6 Å². The molecule has 0 saturated heterocycles. The van der Waals surface area contributed by atoms with Crippen LogP contribution >= 0.6 is 0 Å². The monoisotopic (exact) mass is 252 g/mol. The lowest BCUT2D eigenvalue weighted by Gasteiger charge is -2.06. The largest absolute Gasteiger partial charge is 0.507 e. The Bertz CT molecular complexity index is 674. The van der Waals surface area contributed by atoms with Crippen LogP contribution in [-0.4, -0.2) is 18.1 Å². The van der Waals surface area contributed by atoms with Crippen molar-refractivity contribution < 1.29 is 18.1 Å². The van der Waals surface area contributed by atoms with Crippen LogP contribution in [0.5, 0.6) is 5.75 Å². The Morgan fingerprint density at radius 3 is 2.47 bits per heavy atom. The van der Waals surface area contributed by atoms with Crippen LogP contribution < -0.4 is 0 Å². The third kappa shape index (κ3) is 2.25. The predicted octanol–water partition coefficient (Wildman–Crippen LogP) is 2.35. The molecule has 2 aromatic rings. The lowest BCUT2D eigenvalue weighted by atomic mass is 10.1. The van der Waals surface area contributed by atoms with Gasteiger partial charge in [0.1, 0.15) is 5.75 Å². The molecule has 4 nitrogen and oxygen atoms in total. The number of hydrogen-bond acceptors (Lipinski definition) is 3. The molecule has 0 heterocycles. The highest BCUT2D eigenvalue weighted by Crippen LogP contribution is 2.29. The predicted molar refractivity (Wildman–Crippen MR) is 64.8 cm³/mol. The fraction of sp³-hybridized carbons (Fsp3) is 0.167. The Labute approximate surface area is 99.3 Å². The van der Waals surface area contributed by atoms with Gasteiger partial charge in [0.2, 0.25) is 0 Å². The zero-order valence-electron chi connectivity index (χ0n) is 9.21. The van der Waals surface area contributed by atoms with Crippen molar-refractivity contribution in [3.63, 3.8) is 0 Å². The third-order valence-electron chi connectivity index (χ3n) is 2.67. The van der Waals surface area contributed by atoms with Crippen LogP contribution in [0.1, 0.15) is 12.5 Å². The molecule has 0 atom stereocenters. The maximum atomic E-state index is 11.0. The maximum Gasteiger partial charge on any atom is 0.294 e. The van der Waals surface area contributed by atoms with Crippen LogP contribution in [0.15, 0.2) is 35.2 Å². The summed E-state index contributed by atoms with van der Waals surface area (Å²) >= 11 is 0. The molecule has 2 N–H and O–H groups in total. The van der Waals surface area contributed by atoms with E-state index in [0.29, 0.717) is 10.8 Å².